The number of hydrogen-bond donors (Lipinski definition) is 0. The fourth-order valence-corrected chi connectivity index (χ4v) is 4.05. The zero-order valence-electron chi connectivity index (χ0n) is 12.0. The van der Waals surface area contributed by atoms with Gasteiger partial charge in [0.1, 0.15) is 0 Å². The van der Waals surface area contributed by atoms with Crippen molar-refractivity contribution >= 4 is 0 Å². The van der Waals surface area contributed by atoms with Crippen molar-refractivity contribution in [3.8, 4) is 0 Å². The maximum atomic E-state index is 5.78. The monoisotopic (exact) mass is 226 g/mol. The molecule has 1 heteroatoms. The van der Waals surface area contributed by atoms with Crippen LogP contribution in [0.25, 0.3) is 0 Å². The molecule has 0 aliphatic heterocycles. The Morgan fingerprint density at radius 3 is 2.19 bits per heavy atom. The lowest BCUT2D eigenvalue weighted by atomic mass is 9.54. The molecule has 4 unspecified atom stereocenters. The molecular formula is C15H30O. The Morgan fingerprint density at radius 1 is 1.25 bits per heavy atom. The van der Waals surface area contributed by atoms with Crippen molar-refractivity contribution < 1.29 is 4.74 Å². The lowest BCUT2D eigenvalue weighted by molar-refractivity contribution is -0.176. The van der Waals surface area contributed by atoms with Crippen molar-refractivity contribution in [2.24, 2.45) is 23.7 Å². The molecule has 1 aliphatic rings. The summed E-state index contributed by atoms with van der Waals surface area (Å²) in [5.74, 6) is 3.33. The Labute approximate surface area is 102 Å². The third-order valence-electron chi connectivity index (χ3n) is 5.23. The molecule has 4 atom stereocenters. The summed E-state index contributed by atoms with van der Waals surface area (Å²) in [6, 6.07) is 0. The predicted octanol–water partition coefficient (Wildman–Crippen LogP) is 4.51. The molecule has 16 heavy (non-hydrogen) atoms. The fourth-order valence-electron chi connectivity index (χ4n) is 4.05. The van der Waals surface area contributed by atoms with Gasteiger partial charge in [-0.15, -0.1) is 0 Å². The van der Waals surface area contributed by atoms with Crippen molar-refractivity contribution in [2.75, 3.05) is 7.11 Å². The minimum absolute atomic E-state index is 0.155. The first-order chi connectivity index (χ1) is 7.53. The molecule has 0 N–H and O–H groups in total. The summed E-state index contributed by atoms with van der Waals surface area (Å²) in [7, 11) is 1.89. The van der Waals surface area contributed by atoms with Crippen molar-refractivity contribution in [3.05, 3.63) is 0 Å². The summed E-state index contributed by atoms with van der Waals surface area (Å²) >= 11 is 0. The van der Waals surface area contributed by atoms with E-state index in [1.54, 1.807) is 0 Å². The summed E-state index contributed by atoms with van der Waals surface area (Å²) in [6.45, 7) is 11.7. The topological polar surface area (TPSA) is 9.23 Å². The fraction of sp³-hybridized carbons (Fsp3) is 1.00. The van der Waals surface area contributed by atoms with E-state index in [9.17, 15) is 0 Å². The van der Waals surface area contributed by atoms with E-state index in [1.165, 1.54) is 25.7 Å². The van der Waals surface area contributed by atoms with Crippen LogP contribution < -0.4 is 0 Å². The molecule has 1 fully saturated rings. The first kappa shape index (κ1) is 14.0. The largest absolute Gasteiger partial charge is 0.378 e. The summed E-state index contributed by atoms with van der Waals surface area (Å²) in [4.78, 5) is 0. The van der Waals surface area contributed by atoms with Gasteiger partial charge in [-0.05, 0) is 37.0 Å². The first-order valence-corrected chi connectivity index (χ1v) is 7.09. The van der Waals surface area contributed by atoms with Gasteiger partial charge in [0, 0.05) is 7.11 Å². The Morgan fingerprint density at radius 2 is 1.81 bits per heavy atom. The van der Waals surface area contributed by atoms with Gasteiger partial charge in [0.05, 0.1) is 5.60 Å². The average molecular weight is 226 g/mol. The van der Waals surface area contributed by atoms with Gasteiger partial charge in [0.15, 0.2) is 0 Å². The molecule has 96 valence electrons. The van der Waals surface area contributed by atoms with E-state index in [-0.39, 0.29) is 5.60 Å². The second-order valence-corrected chi connectivity index (χ2v) is 5.85. The summed E-state index contributed by atoms with van der Waals surface area (Å²) < 4.78 is 5.78. The third kappa shape index (κ3) is 2.30. The van der Waals surface area contributed by atoms with E-state index in [0.717, 1.165) is 23.7 Å². The first-order valence-electron chi connectivity index (χ1n) is 7.09. The molecular weight excluding hydrogens is 196 g/mol. The van der Waals surface area contributed by atoms with Crippen molar-refractivity contribution in [3.63, 3.8) is 0 Å². The maximum absolute atomic E-state index is 5.78. The highest BCUT2D eigenvalue weighted by Gasteiger charge is 2.53. The molecule has 1 rings (SSSR count). The maximum Gasteiger partial charge on any atom is 0.0686 e. The van der Waals surface area contributed by atoms with E-state index in [2.05, 4.69) is 34.6 Å². The van der Waals surface area contributed by atoms with Gasteiger partial charge in [-0.2, -0.15) is 0 Å². The number of rotatable bonds is 6. The highest BCUT2D eigenvalue weighted by molar-refractivity contribution is 5.02. The normalized spacial score (nSPS) is 36.2. The summed E-state index contributed by atoms with van der Waals surface area (Å²) in [6.07, 6.45) is 5.19. The van der Waals surface area contributed by atoms with E-state index in [4.69, 9.17) is 4.74 Å². The van der Waals surface area contributed by atoms with Gasteiger partial charge in [-0.1, -0.05) is 47.0 Å². The predicted molar refractivity (Wildman–Crippen MR) is 70.5 cm³/mol. The molecule has 0 aromatic carbocycles. The minimum atomic E-state index is 0.155. The molecule has 0 radical (unpaired) electrons. The average Bonchev–Trinajstić information content (AvgIpc) is 2.26. The Balaban J connectivity index is 2.73. The van der Waals surface area contributed by atoms with Crippen molar-refractivity contribution in [2.45, 2.75) is 65.9 Å². The standard InChI is InChI=1S/C15H30O/c1-7-12(8-2)11(4)14-13(9-3)10-15(14,5)16-6/h11-14H,7-10H2,1-6H3. The zero-order chi connectivity index (χ0) is 12.3. The van der Waals surface area contributed by atoms with Gasteiger partial charge < -0.3 is 4.74 Å². The smallest absolute Gasteiger partial charge is 0.0686 e. The van der Waals surface area contributed by atoms with Crippen LogP contribution in [-0.4, -0.2) is 12.7 Å². The van der Waals surface area contributed by atoms with Crippen LogP contribution in [0.5, 0.6) is 0 Å². The minimum Gasteiger partial charge on any atom is -0.378 e. The zero-order valence-corrected chi connectivity index (χ0v) is 12.0. The summed E-state index contributed by atoms with van der Waals surface area (Å²) in [5, 5.41) is 0. The SMILES string of the molecule is CCC(CC)C(C)C1C(CC)CC1(C)OC. The number of hydrogen-bond acceptors (Lipinski definition) is 1. The van der Waals surface area contributed by atoms with Gasteiger partial charge in [0.2, 0.25) is 0 Å². The Kier molecular flexibility index (Phi) is 4.85. The van der Waals surface area contributed by atoms with E-state index < -0.39 is 0 Å². The lowest BCUT2D eigenvalue weighted by Crippen LogP contribution is -2.56. The van der Waals surface area contributed by atoms with Gasteiger partial charge >= 0.3 is 0 Å². The second-order valence-electron chi connectivity index (χ2n) is 5.85. The van der Waals surface area contributed by atoms with Crippen LogP contribution in [0.4, 0.5) is 0 Å². The van der Waals surface area contributed by atoms with E-state index in [0.29, 0.717) is 0 Å². The molecule has 0 bridgehead atoms. The molecule has 0 aromatic heterocycles. The highest BCUT2D eigenvalue weighted by atomic mass is 16.5. The molecule has 0 heterocycles. The van der Waals surface area contributed by atoms with Crippen molar-refractivity contribution in [1.29, 1.82) is 0 Å². The lowest BCUT2D eigenvalue weighted by Gasteiger charge is -2.56. The number of ether oxygens (including phenoxy) is 1. The molecule has 0 spiro atoms. The van der Waals surface area contributed by atoms with Gasteiger partial charge in [0.25, 0.3) is 0 Å². The molecule has 0 amide bonds. The molecule has 1 saturated carbocycles. The van der Waals surface area contributed by atoms with Crippen LogP contribution in [0, 0.1) is 23.7 Å². The van der Waals surface area contributed by atoms with Crippen LogP contribution in [0.3, 0.4) is 0 Å². The van der Waals surface area contributed by atoms with Crippen LogP contribution >= 0.6 is 0 Å². The van der Waals surface area contributed by atoms with Crippen LogP contribution in [-0.2, 0) is 4.74 Å². The van der Waals surface area contributed by atoms with E-state index in [1.807, 2.05) is 7.11 Å². The Hall–Kier alpha value is -0.0400. The summed E-state index contributed by atoms with van der Waals surface area (Å²) in [5.41, 5.74) is 0.155. The van der Waals surface area contributed by atoms with Crippen molar-refractivity contribution in [1.82, 2.24) is 0 Å². The highest BCUT2D eigenvalue weighted by Crippen LogP contribution is 2.53. The third-order valence-corrected chi connectivity index (χ3v) is 5.23. The van der Waals surface area contributed by atoms with Crippen LogP contribution in [0.1, 0.15) is 60.3 Å². The molecule has 0 saturated heterocycles. The van der Waals surface area contributed by atoms with Crippen LogP contribution in [0.15, 0.2) is 0 Å². The van der Waals surface area contributed by atoms with Crippen LogP contribution in [0.2, 0.25) is 0 Å². The van der Waals surface area contributed by atoms with E-state index >= 15 is 0 Å². The molecule has 1 nitrogen and oxygen atoms in total. The molecule has 1 aliphatic carbocycles. The second kappa shape index (κ2) is 5.53. The molecule has 0 aromatic rings. The van der Waals surface area contributed by atoms with Gasteiger partial charge in [-0.25, -0.2) is 0 Å². The number of methoxy groups -OCH3 is 1. The quantitative estimate of drug-likeness (QED) is 0.647. The Bertz CT molecular complexity index is 209. The van der Waals surface area contributed by atoms with Gasteiger partial charge in [-0.3, -0.25) is 0 Å².